The summed E-state index contributed by atoms with van der Waals surface area (Å²) >= 11 is 0. The summed E-state index contributed by atoms with van der Waals surface area (Å²) in [6.07, 6.45) is 32.8. The van der Waals surface area contributed by atoms with Crippen molar-refractivity contribution in [3.63, 3.8) is 0 Å². The quantitative estimate of drug-likeness (QED) is 0.126. The first-order valence-corrected chi connectivity index (χ1v) is 28.8. The Kier molecular flexibility index (Phi) is 38.5. The number of ether oxygens (including phenoxy) is 4. The summed E-state index contributed by atoms with van der Waals surface area (Å²) in [4.78, 5) is 20.5. The SMILES string of the molecule is C[N+](C)(C)CCOP(=O)(O)OCC1COCCCCCCCCCCCCCCCCOCC(COP(=O)(O)OCC[N+](C)(C)C)OCCCCCCCCCCCCCCCCO1. The van der Waals surface area contributed by atoms with Crippen LogP contribution in [0.1, 0.15) is 180 Å². The van der Waals surface area contributed by atoms with Crippen LogP contribution < -0.4 is 0 Å². The van der Waals surface area contributed by atoms with Gasteiger partial charge in [0.1, 0.15) is 38.5 Å². The lowest BCUT2D eigenvalue weighted by Crippen LogP contribution is -2.37. The minimum atomic E-state index is -4.17. The first-order chi connectivity index (χ1) is 30.6. The van der Waals surface area contributed by atoms with E-state index in [2.05, 4.69) is 0 Å². The van der Waals surface area contributed by atoms with Crippen LogP contribution in [0.4, 0.5) is 0 Å². The Balaban J connectivity index is 2.50. The molecule has 0 saturated carbocycles. The average molecular weight is 961 g/mol. The highest BCUT2D eigenvalue weighted by Crippen LogP contribution is 2.44. The van der Waals surface area contributed by atoms with Gasteiger partial charge in [0.2, 0.25) is 0 Å². The molecule has 0 bridgehead atoms. The summed E-state index contributed by atoms with van der Waals surface area (Å²) in [5, 5.41) is 0. The van der Waals surface area contributed by atoms with Crippen molar-refractivity contribution in [1.82, 2.24) is 0 Å². The Bertz CT molecular complexity index is 1060. The van der Waals surface area contributed by atoms with Crippen molar-refractivity contribution in [2.75, 3.05) is 121 Å². The Morgan fingerprint density at radius 2 is 0.625 bits per heavy atom. The largest absolute Gasteiger partial charge is 0.472 e. The molecule has 14 nitrogen and oxygen atoms in total. The maximum Gasteiger partial charge on any atom is 0.472 e. The van der Waals surface area contributed by atoms with E-state index < -0.39 is 27.9 Å². The molecule has 1 heterocycles. The fourth-order valence-electron chi connectivity index (χ4n) is 7.36. The molecule has 0 aromatic rings. The van der Waals surface area contributed by atoms with Crippen LogP contribution in [0.15, 0.2) is 0 Å². The molecule has 64 heavy (non-hydrogen) atoms. The zero-order valence-corrected chi connectivity index (χ0v) is 44.0. The summed E-state index contributed by atoms with van der Waals surface area (Å²) in [5.74, 6) is 0. The summed E-state index contributed by atoms with van der Waals surface area (Å²) in [6, 6.07) is 0. The van der Waals surface area contributed by atoms with Gasteiger partial charge in [-0.2, -0.15) is 0 Å². The van der Waals surface area contributed by atoms with Crippen molar-refractivity contribution >= 4 is 15.6 Å². The number of phosphoric acid groups is 2. The third-order valence-corrected chi connectivity index (χ3v) is 13.5. The molecule has 1 aliphatic heterocycles. The zero-order chi connectivity index (χ0) is 47.1. The maximum absolute atomic E-state index is 12.5. The van der Waals surface area contributed by atoms with Gasteiger partial charge in [-0.05, 0) is 25.7 Å². The van der Waals surface area contributed by atoms with Crippen molar-refractivity contribution in [2.24, 2.45) is 0 Å². The van der Waals surface area contributed by atoms with E-state index in [-0.39, 0.29) is 26.4 Å². The smallest absolute Gasteiger partial charge is 0.379 e. The predicted molar refractivity (Wildman–Crippen MR) is 260 cm³/mol. The third-order valence-electron chi connectivity index (χ3n) is 11.6. The van der Waals surface area contributed by atoms with E-state index in [0.29, 0.717) is 61.7 Å². The molecule has 16 heteroatoms. The number of nitrogens with zero attached hydrogens (tertiary/aromatic N) is 2. The third kappa shape index (κ3) is 44.5. The molecular formula is C48H102N2O12P2+2. The molecule has 0 spiro atoms. The minimum absolute atomic E-state index is 0.0345. The van der Waals surface area contributed by atoms with Gasteiger partial charge in [0.05, 0.1) is 68.7 Å². The second kappa shape index (κ2) is 39.8. The number of phosphoric ester groups is 2. The molecule has 0 aromatic heterocycles. The van der Waals surface area contributed by atoms with Gasteiger partial charge in [-0.15, -0.1) is 0 Å². The van der Waals surface area contributed by atoms with Gasteiger partial charge in [-0.1, -0.05) is 154 Å². The molecule has 0 radical (unpaired) electrons. The summed E-state index contributed by atoms with van der Waals surface area (Å²) in [6.45, 7) is 4.56. The van der Waals surface area contributed by atoms with E-state index in [4.69, 9.17) is 37.0 Å². The van der Waals surface area contributed by atoms with Gasteiger partial charge in [0.15, 0.2) is 0 Å². The molecule has 4 unspecified atom stereocenters. The van der Waals surface area contributed by atoms with Crippen molar-refractivity contribution in [1.29, 1.82) is 0 Å². The second-order valence-corrected chi connectivity index (χ2v) is 23.2. The topological polar surface area (TPSA) is 148 Å². The number of hydrogen-bond donors (Lipinski definition) is 2. The molecule has 1 rings (SSSR count). The number of likely N-dealkylation sites (N-methyl/N-ethyl adjacent to an activating group) is 2. The minimum Gasteiger partial charge on any atom is -0.379 e. The van der Waals surface area contributed by atoms with Crippen molar-refractivity contribution in [2.45, 2.75) is 192 Å². The predicted octanol–water partition coefficient (Wildman–Crippen LogP) is 11.4. The van der Waals surface area contributed by atoms with Crippen molar-refractivity contribution in [3.8, 4) is 0 Å². The fourth-order valence-corrected chi connectivity index (χ4v) is 8.85. The molecule has 4 atom stereocenters. The van der Waals surface area contributed by atoms with Gasteiger partial charge in [-0.25, -0.2) is 9.13 Å². The van der Waals surface area contributed by atoms with Crippen LogP contribution in [0.2, 0.25) is 0 Å². The average Bonchev–Trinajstić information content (AvgIpc) is 3.21. The van der Waals surface area contributed by atoms with Crippen molar-refractivity contribution in [3.05, 3.63) is 0 Å². The molecule has 0 aliphatic carbocycles. The van der Waals surface area contributed by atoms with E-state index in [9.17, 15) is 18.9 Å². The van der Waals surface area contributed by atoms with Crippen molar-refractivity contribution < 1.29 is 64.9 Å². The highest BCUT2D eigenvalue weighted by Gasteiger charge is 2.26. The van der Waals surface area contributed by atoms with Gasteiger partial charge in [-0.3, -0.25) is 18.1 Å². The summed E-state index contributed by atoms with van der Waals surface area (Å²) in [5.41, 5.74) is 0. The Labute approximate surface area is 392 Å². The van der Waals surface area contributed by atoms with E-state index in [0.717, 1.165) is 51.4 Å². The van der Waals surface area contributed by atoms with Crippen LogP contribution in [0.3, 0.4) is 0 Å². The molecule has 2 N–H and O–H groups in total. The summed E-state index contributed by atoms with van der Waals surface area (Å²) < 4.78 is 71.7. The normalized spacial score (nSPS) is 24.4. The van der Waals surface area contributed by atoms with Gasteiger partial charge in [0, 0.05) is 26.4 Å². The first kappa shape index (κ1) is 62.0. The van der Waals surface area contributed by atoms with E-state index in [1.807, 2.05) is 42.3 Å². The first-order valence-electron chi connectivity index (χ1n) is 25.8. The molecule has 384 valence electrons. The van der Waals surface area contributed by atoms with E-state index in [1.54, 1.807) is 0 Å². The Hall–Kier alpha value is -0.0200. The lowest BCUT2D eigenvalue weighted by atomic mass is 10.0. The van der Waals surface area contributed by atoms with Crippen LogP contribution in [0, 0.1) is 0 Å². The Morgan fingerprint density at radius 1 is 0.391 bits per heavy atom. The van der Waals surface area contributed by atoms with Crippen LogP contribution >= 0.6 is 15.6 Å². The zero-order valence-electron chi connectivity index (χ0n) is 42.2. The number of quaternary nitrogens is 2. The van der Waals surface area contributed by atoms with Gasteiger partial charge < -0.3 is 37.7 Å². The molecule has 1 saturated heterocycles. The highest BCUT2D eigenvalue weighted by atomic mass is 31.2. The molecule has 0 aromatic carbocycles. The van der Waals surface area contributed by atoms with Crippen LogP contribution in [-0.2, 0) is 46.2 Å². The highest BCUT2D eigenvalue weighted by molar-refractivity contribution is 7.47. The fraction of sp³-hybridized carbons (Fsp3) is 1.00. The maximum atomic E-state index is 12.5. The van der Waals surface area contributed by atoms with E-state index in [1.165, 1.54) is 128 Å². The molecule has 1 aliphatic rings. The lowest BCUT2D eigenvalue weighted by molar-refractivity contribution is -0.870. The van der Waals surface area contributed by atoms with Gasteiger partial charge >= 0.3 is 15.6 Å². The lowest BCUT2D eigenvalue weighted by Gasteiger charge is -2.24. The molecule has 0 amide bonds. The van der Waals surface area contributed by atoms with Crippen LogP contribution in [0.5, 0.6) is 0 Å². The molecule has 1 fully saturated rings. The number of hydrogen-bond acceptors (Lipinski definition) is 10. The van der Waals surface area contributed by atoms with Gasteiger partial charge in [0.25, 0.3) is 0 Å². The summed E-state index contributed by atoms with van der Waals surface area (Å²) in [7, 11) is 3.70. The number of rotatable bonds is 14. The van der Waals surface area contributed by atoms with E-state index >= 15 is 0 Å². The van der Waals surface area contributed by atoms with Crippen LogP contribution in [-0.4, -0.2) is 152 Å². The second-order valence-electron chi connectivity index (χ2n) is 20.3. The Morgan fingerprint density at radius 3 is 0.875 bits per heavy atom. The van der Waals surface area contributed by atoms with Crippen LogP contribution in [0.25, 0.3) is 0 Å². The molecular weight excluding hydrogens is 858 g/mol. The standard InChI is InChI=1S/C48H100N2O12P2/c1-49(2,3)35-41-59-63(51,52)61-45-47-43-55-37-31-27-23-19-15-11-7-8-12-16-20-24-28-32-38-56-44-48(46-62-64(53,54)60-42-36-50(4,5)6)58-40-34-30-26-22-18-14-10-9-13-17-21-25-29-33-39-57-47/h47-48H,7-46H2,1-6H3/p+2. The monoisotopic (exact) mass is 961 g/mol.